The third-order valence-electron chi connectivity index (χ3n) is 3.38. The van der Waals surface area contributed by atoms with Gasteiger partial charge in [-0.2, -0.15) is 0 Å². The van der Waals surface area contributed by atoms with Crippen LogP contribution >= 0.6 is 11.6 Å². The van der Waals surface area contributed by atoms with E-state index in [0.717, 1.165) is 11.1 Å². The number of rotatable bonds is 8. The van der Waals surface area contributed by atoms with Gasteiger partial charge in [-0.25, -0.2) is 4.79 Å². The highest BCUT2D eigenvalue weighted by Gasteiger charge is 2.02. The summed E-state index contributed by atoms with van der Waals surface area (Å²) in [4.78, 5) is 11.7. The van der Waals surface area contributed by atoms with E-state index in [0.29, 0.717) is 43.4 Å². The highest BCUT2D eigenvalue weighted by molar-refractivity contribution is 6.32. The van der Waals surface area contributed by atoms with Gasteiger partial charge in [0.1, 0.15) is 5.75 Å². The summed E-state index contributed by atoms with van der Waals surface area (Å²) in [6.07, 6.45) is 0.696. The SMILES string of the molecule is NCc1cccc(CNC(=O)NCCCOc2ccccc2Cl)c1. The lowest BCUT2D eigenvalue weighted by atomic mass is 10.1. The molecular weight excluding hydrogens is 326 g/mol. The van der Waals surface area contributed by atoms with E-state index >= 15 is 0 Å². The summed E-state index contributed by atoms with van der Waals surface area (Å²) >= 11 is 6.00. The van der Waals surface area contributed by atoms with Crippen molar-refractivity contribution in [3.63, 3.8) is 0 Å². The Labute approximate surface area is 147 Å². The smallest absolute Gasteiger partial charge is 0.315 e. The van der Waals surface area contributed by atoms with Crippen LogP contribution in [-0.2, 0) is 13.1 Å². The molecule has 5 nitrogen and oxygen atoms in total. The number of hydrogen-bond donors (Lipinski definition) is 3. The molecule has 24 heavy (non-hydrogen) atoms. The van der Waals surface area contributed by atoms with E-state index in [-0.39, 0.29) is 6.03 Å². The predicted molar refractivity (Wildman–Crippen MR) is 96.1 cm³/mol. The van der Waals surface area contributed by atoms with Crippen molar-refractivity contribution in [2.45, 2.75) is 19.5 Å². The second-order valence-electron chi connectivity index (χ2n) is 5.27. The number of urea groups is 1. The number of ether oxygens (including phenoxy) is 1. The summed E-state index contributed by atoms with van der Waals surface area (Å²) in [6.45, 7) is 1.98. The van der Waals surface area contributed by atoms with Crippen molar-refractivity contribution in [2.75, 3.05) is 13.2 Å². The van der Waals surface area contributed by atoms with Crippen LogP contribution < -0.4 is 21.1 Å². The molecule has 128 valence electrons. The molecule has 2 amide bonds. The Balaban J connectivity index is 1.60. The zero-order chi connectivity index (χ0) is 17.2. The van der Waals surface area contributed by atoms with Crippen LogP contribution in [0.4, 0.5) is 4.79 Å². The van der Waals surface area contributed by atoms with Crippen LogP contribution in [0.15, 0.2) is 48.5 Å². The molecule has 0 aliphatic carbocycles. The minimum atomic E-state index is -0.203. The summed E-state index contributed by atoms with van der Waals surface area (Å²) in [5.41, 5.74) is 7.67. The van der Waals surface area contributed by atoms with Gasteiger partial charge in [-0.05, 0) is 29.7 Å². The van der Waals surface area contributed by atoms with Crippen molar-refractivity contribution in [2.24, 2.45) is 5.73 Å². The van der Waals surface area contributed by atoms with Gasteiger partial charge in [0.05, 0.1) is 11.6 Å². The molecule has 0 aliphatic heterocycles. The lowest BCUT2D eigenvalue weighted by Crippen LogP contribution is -2.36. The summed E-state index contributed by atoms with van der Waals surface area (Å²) in [5.74, 6) is 0.656. The molecule has 2 aromatic rings. The van der Waals surface area contributed by atoms with Gasteiger partial charge in [0, 0.05) is 19.6 Å². The molecule has 0 radical (unpaired) electrons. The molecule has 0 aromatic heterocycles. The zero-order valence-electron chi connectivity index (χ0n) is 13.4. The van der Waals surface area contributed by atoms with Crippen molar-refractivity contribution >= 4 is 17.6 Å². The van der Waals surface area contributed by atoms with Gasteiger partial charge in [-0.15, -0.1) is 0 Å². The molecule has 0 saturated heterocycles. The molecule has 0 bridgehead atoms. The first-order valence-electron chi connectivity index (χ1n) is 7.86. The van der Waals surface area contributed by atoms with Gasteiger partial charge in [-0.3, -0.25) is 0 Å². The Morgan fingerprint density at radius 3 is 2.67 bits per heavy atom. The van der Waals surface area contributed by atoms with Crippen LogP contribution in [0.2, 0.25) is 5.02 Å². The average Bonchev–Trinajstić information content (AvgIpc) is 2.61. The quantitative estimate of drug-likeness (QED) is 0.642. The second-order valence-corrected chi connectivity index (χ2v) is 5.67. The first-order chi connectivity index (χ1) is 11.7. The Morgan fingerprint density at radius 1 is 1.08 bits per heavy atom. The molecular formula is C18H22ClN3O2. The standard InChI is InChI=1S/C18H22ClN3O2/c19-16-7-1-2-8-17(16)24-10-4-9-21-18(23)22-13-15-6-3-5-14(11-15)12-20/h1-3,5-8,11H,4,9-10,12-13,20H2,(H2,21,22,23). The lowest BCUT2D eigenvalue weighted by Gasteiger charge is -2.10. The molecule has 2 aromatic carbocycles. The van der Waals surface area contributed by atoms with Gasteiger partial charge in [-0.1, -0.05) is 48.0 Å². The van der Waals surface area contributed by atoms with Crippen molar-refractivity contribution in [3.05, 3.63) is 64.7 Å². The predicted octanol–water partition coefficient (Wildman–Crippen LogP) is 3.07. The van der Waals surface area contributed by atoms with Crippen molar-refractivity contribution in [1.82, 2.24) is 10.6 Å². The summed E-state index contributed by atoms with van der Waals surface area (Å²) in [5, 5.41) is 6.20. The Kier molecular flexibility index (Phi) is 7.39. The monoisotopic (exact) mass is 347 g/mol. The maximum Gasteiger partial charge on any atom is 0.315 e. The number of nitrogens with one attached hydrogen (secondary N) is 2. The molecule has 0 heterocycles. The fourth-order valence-corrected chi connectivity index (χ4v) is 2.32. The number of amides is 2. The number of nitrogens with two attached hydrogens (primary N) is 1. The molecule has 2 rings (SSSR count). The molecule has 0 unspecified atom stereocenters. The van der Waals surface area contributed by atoms with E-state index in [2.05, 4.69) is 10.6 Å². The van der Waals surface area contributed by atoms with Crippen LogP contribution in [0.3, 0.4) is 0 Å². The van der Waals surface area contributed by atoms with Gasteiger partial charge in [0.25, 0.3) is 0 Å². The highest BCUT2D eigenvalue weighted by Crippen LogP contribution is 2.22. The number of halogens is 1. The fourth-order valence-electron chi connectivity index (χ4n) is 2.13. The first kappa shape index (κ1) is 18.1. The number of carbonyl (C=O) groups excluding carboxylic acids is 1. The van der Waals surface area contributed by atoms with Crippen LogP contribution in [-0.4, -0.2) is 19.2 Å². The minimum absolute atomic E-state index is 0.203. The van der Waals surface area contributed by atoms with Gasteiger partial charge in [0.2, 0.25) is 0 Å². The lowest BCUT2D eigenvalue weighted by molar-refractivity contribution is 0.238. The van der Waals surface area contributed by atoms with Crippen LogP contribution in [0.5, 0.6) is 5.75 Å². The maximum absolute atomic E-state index is 11.7. The Bertz CT molecular complexity index is 664. The van der Waals surface area contributed by atoms with Crippen LogP contribution in [0, 0.1) is 0 Å². The number of carbonyl (C=O) groups is 1. The second kappa shape index (κ2) is 9.80. The summed E-state index contributed by atoms with van der Waals surface area (Å²) in [6, 6.07) is 14.9. The Hall–Kier alpha value is -2.24. The van der Waals surface area contributed by atoms with Gasteiger partial charge in [0.15, 0.2) is 0 Å². The molecule has 4 N–H and O–H groups in total. The van der Waals surface area contributed by atoms with E-state index in [9.17, 15) is 4.79 Å². The normalized spacial score (nSPS) is 10.2. The van der Waals surface area contributed by atoms with Crippen LogP contribution in [0.1, 0.15) is 17.5 Å². The number of hydrogen-bond acceptors (Lipinski definition) is 3. The van der Waals surface area contributed by atoms with Crippen LogP contribution in [0.25, 0.3) is 0 Å². The molecule has 0 spiro atoms. The highest BCUT2D eigenvalue weighted by atomic mass is 35.5. The van der Waals surface area contributed by atoms with E-state index < -0.39 is 0 Å². The summed E-state index contributed by atoms with van der Waals surface area (Å²) < 4.78 is 5.56. The maximum atomic E-state index is 11.7. The summed E-state index contributed by atoms with van der Waals surface area (Å²) in [7, 11) is 0. The van der Waals surface area contributed by atoms with Gasteiger partial charge < -0.3 is 21.1 Å². The van der Waals surface area contributed by atoms with E-state index in [4.69, 9.17) is 22.1 Å². The Morgan fingerprint density at radius 2 is 1.88 bits per heavy atom. The van der Waals surface area contributed by atoms with E-state index in [1.807, 2.05) is 42.5 Å². The third kappa shape index (κ3) is 6.10. The van der Waals surface area contributed by atoms with Crippen molar-refractivity contribution < 1.29 is 9.53 Å². The molecule has 6 heteroatoms. The molecule has 0 fully saturated rings. The van der Waals surface area contributed by atoms with Gasteiger partial charge >= 0.3 is 6.03 Å². The number of para-hydroxylation sites is 1. The zero-order valence-corrected chi connectivity index (χ0v) is 14.2. The third-order valence-corrected chi connectivity index (χ3v) is 3.69. The van der Waals surface area contributed by atoms with Crippen molar-refractivity contribution in [3.8, 4) is 5.75 Å². The first-order valence-corrected chi connectivity index (χ1v) is 8.24. The van der Waals surface area contributed by atoms with Crippen molar-refractivity contribution in [1.29, 1.82) is 0 Å². The largest absolute Gasteiger partial charge is 0.492 e. The average molecular weight is 348 g/mol. The topological polar surface area (TPSA) is 76.4 Å². The van der Waals surface area contributed by atoms with E-state index in [1.54, 1.807) is 6.07 Å². The minimum Gasteiger partial charge on any atom is -0.492 e. The number of benzene rings is 2. The molecule has 0 aliphatic rings. The fraction of sp³-hybridized carbons (Fsp3) is 0.278. The molecule has 0 atom stereocenters. The van der Waals surface area contributed by atoms with E-state index in [1.165, 1.54) is 0 Å². The molecule has 0 saturated carbocycles.